The topological polar surface area (TPSA) is 9.23 Å². The molecule has 0 N–H and O–H groups in total. The van der Waals surface area contributed by atoms with Crippen molar-refractivity contribution >= 4 is 86.9 Å². The summed E-state index contributed by atoms with van der Waals surface area (Å²) in [5.41, 5.74) is 0. The third-order valence-corrected chi connectivity index (χ3v) is 3.36. The zero-order chi connectivity index (χ0) is 9.02. The predicted octanol–water partition coefficient (Wildman–Crippen LogP) is 5.31. The van der Waals surface area contributed by atoms with E-state index in [-0.39, 0.29) is 10.4 Å². The Morgan fingerprint density at radius 3 is 1.27 bits per heavy atom. The molecule has 0 bridgehead atoms. The molecule has 0 radical (unpaired) electrons. The lowest BCUT2D eigenvalue weighted by molar-refractivity contribution is 0.369. The van der Waals surface area contributed by atoms with Crippen LogP contribution in [0.1, 0.15) is 0 Å². The smallest absolute Gasteiger partial charge is 0.216 e. The van der Waals surface area contributed by atoms with E-state index in [4.69, 9.17) is 27.9 Å². The van der Waals surface area contributed by atoms with Gasteiger partial charge in [0.15, 0.2) is 0 Å². The highest BCUT2D eigenvalue weighted by Crippen LogP contribution is 2.30. The summed E-state index contributed by atoms with van der Waals surface area (Å²) >= 11 is 23.3. The quantitative estimate of drug-likeness (QED) is 0.514. The summed E-state index contributed by atoms with van der Waals surface area (Å²) in [4.78, 5) is 0. The van der Waals surface area contributed by atoms with Crippen molar-refractivity contribution in [2.75, 3.05) is 0 Å². The second-order valence-electron chi connectivity index (χ2n) is 1.17. The van der Waals surface area contributed by atoms with Crippen LogP contribution in [0.4, 0.5) is 0 Å². The molecule has 0 rings (SSSR count). The molecule has 0 aromatic heterocycles. The Morgan fingerprint density at radius 1 is 0.818 bits per heavy atom. The van der Waals surface area contributed by atoms with Crippen molar-refractivity contribution in [3.8, 4) is 0 Å². The molecule has 0 aliphatic carbocycles. The van der Waals surface area contributed by atoms with Gasteiger partial charge in [0.05, 0.1) is 0 Å². The fraction of sp³-hybridized carbons (Fsp3) is 0. The Bertz CT molecular complexity index is 182. The van der Waals surface area contributed by atoms with Crippen molar-refractivity contribution in [2.24, 2.45) is 0 Å². The Morgan fingerprint density at radius 2 is 1.09 bits per heavy atom. The highest BCUT2D eigenvalue weighted by atomic mass is 79.9. The van der Waals surface area contributed by atoms with Crippen molar-refractivity contribution in [1.82, 2.24) is 0 Å². The average Bonchev–Trinajstić information content (AvgIpc) is 1.87. The fourth-order valence-electron chi connectivity index (χ4n) is 0.156. The molecule has 0 amide bonds. The lowest BCUT2D eigenvalue weighted by Gasteiger charge is -2.01. The van der Waals surface area contributed by atoms with Gasteiger partial charge in [0.25, 0.3) is 0 Å². The molecule has 0 atom stereocenters. The lowest BCUT2D eigenvalue weighted by atomic mass is 11.0. The van der Waals surface area contributed by atoms with Crippen molar-refractivity contribution < 1.29 is 4.74 Å². The van der Waals surface area contributed by atoms with Gasteiger partial charge in [0, 0.05) is 0 Å². The summed E-state index contributed by atoms with van der Waals surface area (Å²) in [5.74, 6) is 0. The van der Waals surface area contributed by atoms with Crippen molar-refractivity contribution in [3.05, 3.63) is 17.2 Å². The van der Waals surface area contributed by atoms with Crippen LogP contribution in [0, 0.1) is 0 Å². The number of ether oxygens (including phenoxy) is 1. The molecule has 0 aromatic carbocycles. The Kier molecular flexibility index (Phi) is 7.28. The zero-order valence-electron chi connectivity index (χ0n) is 4.68. The molecular formula is C4Br4Cl2O. The summed E-state index contributed by atoms with van der Waals surface area (Å²) in [6, 6.07) is 0. The van der Waals surface area contributed by atoms with Gasteiger partial charge >= 0.3 is 0 Å². The molecule has 11 heavy (non-hydrogen) atoms. The van der Waals surface area contributed by atoms with Crippen LogP contribution in [0.3, 0.4) is 0 Å². The first kappa shape index (κ1) is 12.8. The van der Waals surface area contributed by atoms with E-state index in [0.717, 1.165) is 0 Å². The molecule has 0 aliphatic heterocycles. The van der Waals surface area contributed by atoms with E-state index < -0.39 is 0 Å². The first-order valence-electron chi connectivity index (χ1n) is 2.04. The van der Waals surface area contributed by atoms with Crippen LogP contribution in [0.15, 0.2) is 17.2 Å². The van der Waals surface area contributed by atoms with Gasteiger partial charge in [-0.1, -0.05) is 0 Å². The van der Waals surface area contributed by atoms with E-state index in [9.17, 15) is 0 Å². The van der Waals surface area contributed by atoms with Gasteiger partial charge in [-0.25, -0.2) is 0 Å². The molecule has 0 unspecified atom stereocenters. The Hall–Kier alpha value is 1.78. The third kappa shape index (κ3) is 5.93. The van der Waals surface area contributed by atoms with Crippen LogP contribution in [0.25, 0.3) is 0 Å². The highest BCUT2D eigenvalue weighted by Gasteiger charge is 2.04. The average molecular weight is 455 g/mol. The Labute approximate surface area is 108 Å². The fourth-order valence-corrected chi connectivity index (χ4v) is 0.673. The van der Waals surface area contributed by atoms with Crippen LogP contribution < -0.4 is 0 Å². The van der Waals surface area contributed by atoms with Gasteiger partial charge in [-0.15, -0.1) is 0 Å². The minimum Gasteiger partial charge on any atom is -0.430 e. The molecule has 0 spiro atoms. The lowest BCUT2D eigenvalue weighted by Crippen LogP contribution is -1.81. The number of halogens is 6. The van der Waals surface area contributed by atoms with Gasteiger partial charge in [-0.2, -0.15) is 0 Å². The van der Waals surface area contributed by atoms with Gasteiger partial charge in [-0.3, -0.25) is 0 Å². The van der Waals surface area contributed by atoms with Crippen molar-refractivity contribution in [2.45, 2.75) is 0 Å². The van der Waals surface area contributed by atoms with Crippen LogP contribution in [0.5, 0.6) is 0 Å². The maximum absolute atomic E-state index is 5.56. The predicted molar refractivity (Wildman–Crippen MR) is 62.6 cm³/mol. The second-order valence-corrected chi connectivity index (χ2v) is 7.16. The van der Waals surface area contributed by atoms with Gasteiger partial charge in [0.2, 0.25) is 10.4 Å². The number of hydrogen-bond donors (Lipinski definition) is 0. The van der Waals surface area contributed by atoms with E-state index in [1.807, 2.05) is 0 Å². The van der Waals surface area contributed by atoms with E-state index in [0.29, 0.717) is 6.78 Å². The minimum atomic E-state index is 0.117. The SMILES string of the molecule is ClC(OC(Cl)=C(Br)Br)=C(Br)Br. The summed E-state index contributed by atoms with van der Waals surface area (Å²) in [6.45, 7) is 0. The standard InChI is InChI=1S/C4Br4Cl2O/c5-1(6)3(9)11-4(10)2(7)8. The van der Waals surface area contributed by atoms with Gasteiger partial charge < -0.3 is 4.74 Å². The molecule has 0 aromatic rings. The van der Waals surface area contributed by atoms with Crippen LogP contribution >= 0.6 is 86.9 Å². The molecule has 0 saturated heterocycles. The third-order valence-electron chi connectivity index (χ3n) is 0.476. The number of rotatable bonds is 2. The Balaban J connectivity index is 4.30. The summed E-state index contributed by atoms with van der Waals surface area (Å²) in [7, 11) is 0. The van der Waals surface area contributed by atoms with Gasteiger partial charge in [-0.05, 0) is 86.9 Å². The molecule has 0 saturated carbocycles. The van der Waals surface area contributed by atoms with Crippen molar-refractivity contribution in [3.63, 3.8) is 0 Å². The molecule has 1 nitrogen and oxygen atoms in total. The molecule has 0 aliphatic rings. The van der Waals surface area contributed by atoms with Crippen molar-refractivity contribution in [1.29, 1.82) is 0 Å². The van der Waals surface area contributed by atoms with E-state index in [2.05, 4.69) is 63.7 Å². The molecule has 0 fully saturated rings. The van der Waals surface area contributed by atoms with E-state index >= 15 is 0 Å². The minimum absolute atomic E-state index is 0.117. The molecular weight excluding hydrogens is 455 g/mol. The summed E-state index contributed by atoms with van der Waals surface area (Å²) < 4.78 is 5.86. The largest absolute Gasteiger partial charge is 0.430 e. The molecule has 0 heterocycles. The van der Waals surface area contributed by atoms with E-state index in [1.54, 1.807) is 0 Å². The van der Waals surface area contributed by atoms with E-state index in [1.165, 1.54) is 0 Å². The van der Waals surface area contributed by atoms with Crippen LogP contribution in [-0.4, -0.2) is 0 Å². The zero-order valence-corrected chi connectivity index (χ0v) is 12.5. The normalized spacial score (nSPS) is 8.91. The first-order chi connectivity index (χ1) is 4.95. The molecule has 7 heteroatoms. The second kappa shape index (κ2) is 6.27. The summed E-state index contributed by atoms with van der Waals surface area (Å²) in [6.07, 6.45) is 0. The maximum atomic E-state index is 5.56. The molecule has 64 valence electrons. The van der Waals surface area contributed by atoms with Crippen LogP contribution in [-0.2, 0) is 4.74 Å². The number of hydrogen-bond acceptors (Lipinski definition) is 1. The van der Waals surface area contributed by atoms with Crippen LogP contribution in [0.2, 0.25) is 0 Å². The monoisotopic (exact) mass is 450 g/mol. The van der Waals surface area contributed by atoms with Gasteiger partial charge in [0.1, 0.15) is 6.78 Å². The summed E-state index contributed by atoms with van der Waals surface area (Å²) in [5, 5.41) is 0.234. The highest BCUT2D eigenvalue weighted by molar-refractivity contribution is 9.28. The maximum Gasteiger partial charge on any atom is 0.216 e. The first-order valence-corrected chi connectivity index (χ1v) is 5.97.